The van der Waals surface area contributed by atoms with Crippen molar-refractivity contribution in [2.24, 2.45) is 0 Å². The van der Waals surface area contributed by atoms with E-state index in [1.54, 1.807) is 0 Å². The van der Waals surface area contributed by atoms with Crippen LogP contribution in [0.25, 0.3) is 0 Å². The van der Waals surface area contributed by atoms with E-state index in [1.807, 2.05) is 12.1 Å². The van der Waals surface area contributed by atoms with Crippen molar-refractivity contribution in [1.29, 1.82) is 0 Å². The summed E-state index contributed by atoms with van der Waals surface area (Å²) in [5.41, 5.74) is 5.45. The minimum atomic E-state index is 0.961. The molecule has 0 heterocycles. The Balaban J connectivity index is 3.11. The molecule has 0 amide bonds. The van der Waals surface area contributed by atoms with Crippen LogP contribution in [0.15, 0.2) is 24.3 Å². The smallest absolute Gasteiger partial charge is 0.0911 e. The molecule has 1 aromatic rings. The quantitative estimate of drug-likeness (QED) is 0.373. The monoisotopic (exact) mass is 146 g/mol. The highest BCUT2D eigenvalue weighted by molar-refractivity contribution is 6.22. The van der Waals surface area contributed by atoms with E-state index in [0.717, 1.165) is 15.8 Å². The Bertz CT molecular complexity index is 278. The largest absolute Gasteiger partial charge is 0.138 e. The van der Waals surface area contributed by atoms with Gasteiger partial charge in [-0.2, -0.15) is 0 Å². The summed E-state index contributed by atoms with van der Waals surface area (Å²) in [6.45, 7) is 2.08. The SMILES string of the molecule is Cc1ccccc1C#C[SiH3]. The molecule has 1 aromatic carbocycles. The van der Waals surface area contributed by atoms with Gasteiger partial charge in [-0.25, -0.2) is 0 Å². The third kappa shape index (κ3) is 1.49. The first-order chi connectivity index (χ1) is 4.84. The normalized spacial score (nSPS) is 8.50. The van der Waals surface area contributed by atoms with Crippen LogP contribution in [0.2, 0.25) is 0 Å². The van der Waals surface area contributed by atoms with Crippen molar-refractivity contribution in [1.82, 2.24) is 0 Å². The summed E-state index contributed by atoms with van der Waals surface area (Å²) in [7, 11) is 0.961. The third-order valence-electron chi connectivity index (χ3n) is 1.40. The number of aryl methyl sites for hydroxylation is 1. The summed E-state index contributed by atoms with van der Waals surface area (Å²) in [6, 6.07) is 8.20. The van der Waals surface area contributed by atoms with Gasteiger partial charge >= 0.3 is 0 Å². The van der Waals surface area contributed by atoms with Crippen LogP contribution in [0.5, 0.6) is 0 Å². The molecule has 0 N–H and O–H groups in total. The Morgan fingerprint density at radius 1 is 1.30 bits per heavy atom. The second-order valence-corrected chi connectivity index (χ2v) is 2.69. The molecule has 0 aliphatic carbocycles. The lowest BCUT2D eigenvalue weighted by Gasteiger charge is -1.93. The molecule has 1 heteroatoms. The Morgan fingerprint density at radius 3 is 2.60 bits per heavy atom. The van der Waals surface area contributed by atoms with Crippen molar-refractivity contribution in [3.8, 4) is 11.5 Å². The molecular formula is C9H10Si. The standard InChI is InChI=1S/C9H10Si/c1-8-4-2-3-5-9(8)6-7-10/h2-5H,1,10H3. The van der Waals surface area contributed by atoms with E-state index in [9.17, 15) is 0 Å². The summed E-state index contributed by atoms with van der Waals surface area (Å²) >= 11 is 0. The van der Waals surface area contributed by atoms with Crippen molar-refractivity contribution in [2.75, 3.05) is 0 Å². The fourth-order valence-corrected chi connectivity index (χ4v) is 1.12. The molecule has 0 saturated carbocycles. The van der Waals surface area contributed by atoms with E-state index in [0.29, 0.717) is 0 Å². The number of hydrogen-bond donors (Lipinski definition) is 0. The van der Waals surface area contributed by atoms with Gasteiger partial charge in [-0.05, 0) is 18.6 Å². The van der Waals surface area contributed by atoms with E-state index < -0.39 is 0 Å². The van der Waals surface area contributed by atoms with E-state index in [1.165, 1.54) is 5.56 Å². The molecule has 0 saturated heterocycles. The summed E-state index contributed by atoms with van der Waals surface area (Å²) < 4.78 is 0. The fourth-order valence-electron chi connectivity index (χ4n) is 0.848. The van der Waals surface area contributed by atoms with Crippen molar-refractivity contribution in [2.45, 2.75) is 6.92 Å². The van der Waals surface area contributed by atoms with Crippen molar-refractivity contribution < 1.29 is 0 Å². The molecule has 0 spiro atoms. The first kappa shape index (κ1) is 7.11. The highest BCUT2D eigenvalue weighted by Crippen LogP contribution is 2.03. The fraction of sp³-hybridized carbons (Fsp3) is 0.111. The van der Waals surface area contributed by atoms with Crippen LogP contribution in [-0.2, 0) is 0 Å². The van der Waals surface area contributed by atoms with Crippen LogP contribution >= 0.6 is 0 Å². The third-order valence-corrected chi connectivity index (χ3v) is 1.65. The minimum Gasteiger partial charge on any atom is -0.138 e. The lowest BCUT2D eigenvalue weighted by Crippen LogP contribution is -1.78. The molecule has 0 fully saturated rings. The zero-order chi connectivity index (χ0) is 7.40. The molecule has 0 nitrogen and oxygen atoms in total. The number of rotatable bonds is 0. The van der Waals surface area contributed by atoms with Gasteiger partial charge in [0.05, 0.1) is 10.2 Å². The van der Waals surface area contributed by atoms with Gasteiger partial charge in [-0.15, -0.1) is 5.54 Å². The molecule has 50 valence electrons. The molecule has 0 aliphatic rings. The lowest BCUT2D eigenvalue weighted by molar-refractivity contribution is 1.44. The van der Waals surface area contributed by atoms with Gasteiger partial charge in [0, 0.05) is 5.56 Å². The maximum atomic E-state index is 3.09. The van der Waals surface area contributed by atoms with Crippen LogP contribution in [-0.4, -0.2) is 10.2 Å². The first-order valence-electron chi connectivity index (χ1n) is 3.33. The van der Waals surface area contributed by atoms with E-state index in [2.05, 4.69) is 30.5 Å². The Labute approximate surface area is 64.7 Å². The first-order valence-corrected chi connectivity index (χ1v) is 4.33. The molecule has 0 atom stereocenters. The predicted octanol–water partition coefficient (Wildman–Crippen LogP) is 0.669. The van der Waals surface area contributed by atoms with Gasteiger partial charge in [-0.3, -0.25) is 0 Å². The number of hydrogen-bond acceptors (Lipinski definition) is 0. The molecule has 0 radical (unpaired) electrons. The van der Waals surface area contributed by atoms with Crippen LogP contribution in [0.1, 0.15) is 11.1 Å². The maximum Gasteiger partial charge on any atom is 0.0911 e. The molecule has 0 unspecified atom stereocenters. The molecular weight excluding hydrogens is 136 g/mol. The van der Waals surface area contributed by atoms with Gasteiger partial charge in [0.15, 0.2) is 0 Å². The topological polar surface area (TPSA) is 0 Å². The molecule has 0 aliphatic heterocycles. The second kappa shape index (κ2) is 3.24. The summed E-state index contributed by atoms with van der Waals surface area (Å²) in [5, 5.41) is 0. The van der Waals surface area contributed by atoms with Gasteiger partial charge in [-0.1, -0.05) is 24.1 Å². The van der Waals surface area contributed by atoms with E-state index >= 15 is 0 Å². The van der Waals surface area contributed by atoms with Gasteiger partial charge in [0.2, 0.25) is 0 Å². The zero-order valence-electron chi connectivity index (χ0n) is 6.31. The van der Waals surface area contributed by atoms with E-state index in [-0.39, 0.29) is 0 Å². The Morgan fingerprint density at radius 2 is 2.00 bits per heavy atom. The van der Waals surface area contributed by atoms with Gasteiger partial charge in [0.1, 0.15) is 0 Å². The van der Waals surface area contributed by atoms with Crippen molar-refractivity contribution in [3.63, 3.8) is 0 Å². The Hall–Kier alpha value is -1.00. The van der Waals surface area contributed by atoms with Crippen molar-refractivity contribution in [3.05, 3.63) is 35.4 Å². The van der Waals surface area contributed by atoms with E-state index in [4.69, 9.17) is 0 Å². The minimum absolute atomic E-state index is 0.961. The highest BCUT2D eigenvalue weighted by Gasteiger charge is 1.88. The average Bonchev–Trinajstić information content (AvgIpc) is 1.94. The molecule has 0 bridgehead atoms. The summed E-state index contributed by atoms with van der Waals surface area (Å²) in [6.07, 6.45) is 0. The Kier molecular flexibility index (Phi) is 2.30. The molecule has 1 rings (SSSR count). The second-order valence-electron chi connectivity index (χ2n) is 2.19. The molecule has 0 aromatic heterocycles. The summed E-state index contributed by atoms with van der Waals surface area (Å²) in [4.78, 5) is 0. The van der Waals surface area contributed by atoms with Crippen LogP contribution in [0.3, 0.4) is 0 Å². The van der Waals surface area contributed by atoms with Crippen LogP contribution in [0.4, 0.5) is 0 Å². The summed E-state index contributed by atoms with van der Waals surface area (Å²) in [5.74, 6) is 3.09. The van der Waals surface area contributed by atoms with Crippen molar-refractivity contribution >= 4 is 10.2 Å². The number of benzene rings is 1. The van der Waals surface area contributed by atoms with Gasteiger partial charge < -0.3 is 0 Å². The van der Waals surface area contributed by atoms with Gasteiger partial charge in [0.25, 0.3) is 0 Å². The molecule has 10 heavy (non-hydrogen) atoms. The average molecular weight is 146 g/mol. The van der Waals surface area contributed by atoms with Crippen LogP contribution < -0.4 is 0 Å². The lowest BCUT2D eigenvalue weighted by atomic mass is 10.1. The van der Waals surface area contributed by atoms with Crippen LogP contribution in [0, 0.1) is 18.4 Å². The maximum absolute atomic E-state index is 3.09. The zero-order valence-corrected chi connectivity index (χ0v) is 8.31. The highest BCUT2D eigenvalue weighted by atomic mass is 28.1. The predicted molar refractivity (Wildman–Crippen MR) is 48.0 cm³/mol.